The lowest BCUT2D eigenvalue weighted by Crippen LogP contribution is -2.89. The van der Waals surface area contributed by atoms with Gasteiger partial charge in [-0.15, -0.1) is 0 Å². The van der Waals surface area contributed by atoms with Gasteiger partial charge in [-0.25, -0.2) is 0 Å². The zero-order valence-electron chi connectivity index (χ0n) is 15.1. The average Bonchev–Trinajstić information content (AvgIpc) is 2.67. The molecule has 2 aromatic rings. The summed E-state index contributed by atoms with van der Waals surface area (Å²) in [7, 11) is 0. The van der Waals surface area contributed by atoms with Crippen molar-refractivity contribution in [3.05, 3.63) is 59.7 Å². The predicted octanol–water partition coefficient (Wildman–Crippen LogP) is 5.89. The van der Waals surface area contributed by atoms with Gasteiger partial charge in [-0.05, 0) is 48.2 Å². The molecule has 152 valence electrons. The van der Waals surface area contributed by atoms with Crippen molar-refractivity contribution in [3.63, 3.8) is 0 Å². The van der Waals surface area contributed by atoms with Crippen molar-refractivity contribution in [1.29, 1.82) is 0 Å². The number of aryl methyl sites for hydroxylation is 2. The van der Waals surface area contributed by atoms with Crippen LogP contribution < -0.4 is 9.47 Å². The molecule has 0 N–H and O–H groups in total. The van der Waals surface area contributed by atoms with Crippen molar-refractivity contribution in [2.45, 2.75) is 50.2 Å². The standard InChI is InChI=1S/C20H18F6O2/c1-3-13-7-5-9-15(11-13)27-19(25)17(21,22)18(23,24)20(19,26)28-16-10-6-8-14(4-2)12-16/h5-12H,3-4H2,1-2H3. The second-order valence-electron chi connectivity index (χ2n) is 6.55. The molecule has 0 heterocycles. The van der Waals surface area contributed by atoms with E-state index in [1.165, 1.54) is 24.3 Å². The predicted molar refractivity (Wildman–Crippen MR) is 90.5 cm³/mol. The van der Waals surface area contributed by atoms with Crippen LogP contribution in [-0.2, 0) is 12.8 Å². The van der Waals surface area contributed by atoms with Crippen LogP contribution in [0.15, 0.2) is 48.5 Å². The normalized spacial score (nSPS) is 27.7. The second-order valence-corrected chi connectivity index (χ2v) is 6.55. The Kier molecular flexibility index (Phi) is 4.80. The molecule has 0 saturated heterocycles. The highest BCUT2D eigenvalue weighted by Crippen LogP contribution is 2.68. The molecule has 1 aliphatic rings. The number of halogens is 6. The minimum Gasteiger partial charge on any atom is -0.447 e. The molecular weight excluding hydrogens is 386 g/mol. The van der Waals surface area contributed by atoms with Crippen LogP contribution in [0.3, 0.4) is 0 Å². The largest absolute Gasteiger partial charge is 0.447 e. The number of hydrogen-bond acceptors (Lipinski definition) is 2. The van der Waals surface area contributed by atoms with Crippen LogP contribution in [0, 0.1) is 0 Å². The molecule has 0 radical (unpaired) electrons. The van der Waals surface area contributed by atoms with Crippen LogP contribution in [0.5, 0.6) is 11.5 Å². The van der Waals surface area contributed by atoms with Gasteiger partial charge in [-0.2, -0.15) is 26.3 Å². The number of benzene rings is 2. The molecule has 1 saturated carbocycles. The zero-order chi connectivity index (χ0) is 20.8. The van der Waals surface area contributed by atoms with Gasteiger partial charge in [0.1, 0.15) is 11.5 Å². The van der Waals surface area contributed by atoms with E-state index in [2.05, 4.69) is 9.47 Å². The lowest BCUT2D eigenvalue weighted by atomic mass is 9.76. The van der Waals surface area contributed by atoms with E-state index in [4.69, 9.17) is 0 Å². The third kappa shape index (κ3) is 2.64. The van der Waals surface area contributed by atoms with E-state index < -0.39 is 35.1 Å². The van der Waals surface area contributed by atoms with E-state index in [0.717, 1.165) is 12.1 Å². The smallest absolute Gasteiger partial charge is 0.395 e. The highest BCUT2D eigenvalue weighted by Gasteiger charge is 3.03. The van der Waals surface area contributed by atoms with E-state index in [1.54, 1.807) is 26.0 Å². The number of ether oxygens (including phenoxy) is 2. The molecule has 2 aromatic carbocycles. The number of alkyl halides is 6. The quantitative estimate of drug-likeness (QED) is 0.560. The topological polar surface area (TPSA) is 18.5 Å². The summed E-state index contributed by atoms with van der Waals surface area (Å²) in [5.74, 6) is -21.4. The van der Waals surface area contributed by atoms with Gasteiger partial charge in [0.2, 0.25) is 0 Å². The van der Waals surface area contributed by atoms with Gasteiger partial charge in [0.15, 0.2) is 0 Å². The van der Waals surface area contributed by atoms with Crippen LogP contribution >= 0.6 is 0 Å². The van der Waals surface area contributed by atoms with E-state index in [1.807, 2.05) is 0 Å². The second kappa shape index (κ2) is 6.60. The van der Waals surface area contributed by atoms with Gasteiger partial charge in [0, 0.05) is 0 Å². The lowest BCUT2D eigenvalue weighted by Gasteiger charge is -2.55. The molecule has 28 heavy (non-hydrogen) atoms. The molecule has 2 unspecified atom stereocenters. The maximum Gasteiger partial charge on any atom is 0.395 e. The third-order valence-corrected chi connectivity index (χ3v) is 4.75. The fourth-order valence-electron chi connectivity index (χ4n) is 2.99. The minimum atomic E-state index is -5.45. The maximum absolute atomic E-state index is 15.1. The lowest BCUT2D eigenvalue weighted by molar-refractivity contribution is -0.527. The molecule has 3 rings (SSSR count). The Hall–Kier alpha value is -2.38. The molecular formula is C20H18F6O2. The van der Waals surface area contributed by atoms with Crippen LogP contribution in [-0.4, -0.2) is 23.6 Å². The minimum absolute atomic E-state index is 0.449. The third-order valence-electron chi connectivity index (χ3n) is 4.75. The monoisotopic (exact) mass is 404 g/mol. The zero-order valence-corrected chi connectivity index (χ0v) is 15.1. The van der Waals surface area contributed by atoms with E-state index in [0.29, 0.717) is 24.0 Å². The SMILES string of the molecule is CCc1cccc(OC2(F)C(F)(F)C(F)(F)C2(F)Oc2cccc(CC)c2)c1. The number of rotatable bonds is 6. The van der Waals surface area contributed by atoms with Gasteiger partial charge in [0.05, 0.1) is 0 Å². The summed E-state index contributed by atoms with van der Waals surface area (Å²) in [6.45, 7) is 3.47. The fourth-order valence-corrected chi connectivity index (χ4v) is 2.99. The van der Waals surface area contributed by atoms with Crippen LogP contribution in [0.2, 0.25) is 0 Å². The summed E-state index contributed by atoms with van der Waals surface area (Å²) in [5.41, 5.74) is 1.13. The Morgan fingerprint density at radius 2 is 1.00 bits per heavy atom. The van der Waals surface area contributed by atoms with Gasteiger partial charge in [0.25, 0.3) is 0 Å². The van der Waals surface area contributed by atoms with Crippen molar-refractivity contribution in [1.82, 2.24) is 0 Å². The highest BCUT2D eigenvalue weighted by molar-refractivity contribution is 5.36. The first-order valence-corrected chi connectivity index (χ1v) is 8.71. The molecule has 1 aliphatic carbocycles. The Morgan fingerprint density at radius 1 is 0.643 bits per heavy atom. The van der Waals surface area contributed by atoms with Crippen molar-refractivity contribution in [3.8, 4) is 11.5 Å². The molecule has 0 aliphatic heterocycles. The molecule has 0 amide bonds. The van der Waals surface area contributed by atoms with E-state index >= 15 is 8.78 Å². The highest BCUT2D eigenvalue weighted by atomic mass is 19.3. The summed E-state index contributed by atoms with van der Waals surface area (Å²) in [5, 5.41) is 0. The number of hydrogen-bond donors (Lipinski definition) is 0. The van der Waals surface area contributed by atoms with Gasteiger partial charge in [-0.1, -0.05) is 38.1 Å². The summed E-state index contributed by atoms with van der Waals surface area (Å²) in [6, 6.07) is 10.4. The first kappa shape index (κ1) is 20.4. The molecule has 0 aromatic heterocycles. The summed E-state index contributed by atoms with van der Waals surface area (Å²) >= 11 is 0. The van der Waals surface area contributed by atoms with Crippen LogP contribution in [0.1, 0.15) is 25.0 Å². The van der Waals surface area contributed by atoms with Gasteiger partial charge < -0.3 is 9.47 Å². The van der Waals surface area contributed by atoms with Crippen molar-refractivity contribution < 1.29 is 35.8 Å². The molecule has 2 atom stereocenters. The first-order chi connectivity index (χ1) is 13.0. The fraction of sp³-hybridized carbons (Fsp3) is 0.400. The van der Waals surface area contributed by atoms with E-state index in [-0.39, 0.29) is 0 Å². The van der Waals surface area contributed by atoms with Gasteiger partial charge in [-0.3, -0.25) is 0 Å². The maximum atomic E-state index is 15.1. The molecule has 0 spiro atoms. The van der Waals surface area contributed by atoms with E-state index in [9.17, 15) is 17.6 Å². The van der Waals surface area contributed by atoms with Crippen molar-refractivity contribution in [2.75, 3.05) is 0 Å². The molecule has 8 heteroatoms. The summed E-state index contributed by atoms with van der Waals surface area (Å²) in [4.78, 5) is 0. The molecule has 2 nitrogen and oxygen atoms in total. The van der Waals surface area contributed by atoms with Crippen molar-refractivity contribution in [2.24, 2.45) is 0 Å². The van der Waals surface area contributed by atoms with Crippen LogP contribution in [0.4, 0.5) is 26.3 Å². The summed E-state index contributed by atoms with van der Waals surface area (Å²) in [6.07, 6.45) is 0.897. The molecule has 1 fully saturated rings. The van der Waals surface area contributed by atoms with Crippen LogP contribution in [0.25, 0.3) is 0 Å². The molecule has 0 bridgehead atoms. The Balaban J connectivity index is 2.00. The Labute approximate surface area is 158 Å². The first-order valence-electron chi connectivity index (χ1n) is 8.71. The summed E-state index contributed by atoms with van der Waals surface area (Å²) < 4.78 is 95.1. The Morgan fingerprint density at radius 3 is 1.32 bits per heavy atom. The van der Waals surface area contributed by atoms with Gasteiger partial charge >= 0.3 is 23.6 Å². The average molecular weight is 404 g/mol. The van der Waals surface area contributed by atoms with Crippen molar-refractivity contribution >= 4 is 0 Å². The Bertz CT molecular complexity index is 800.